The summed E-state index contributed by atoms with van der Waals surface area (Å²) < 4.78 is 27.3. The Balaban J connectivity index is 2.18. The molecule has 2 N–H and O–H groups in total. The first-order valence-corrected chi connectivity index (χ1v) is 10.6. The molecule has 1 aromatic carbocycles. The average Bonchev–Trinajstić information content (AvgIpc) is 3.06. The van der Waals surface area contributed by atoms with E-state index in [1.807, 2.05) is 33.2 Å². The largest absolute Gasteiger partial charge is 0.598 e. The van der Waals surface area contributed by atoms with Crippen molar-refractivity contribution in [3.05, 3.63) is 29.3 Å². The zero-order chi connectivity index (χ0) is 19.3. The maximum Gasteiger partial charge on any atom is 0.171 e. The van der Waals surface area contributed by atoms with Crippen LogP contribution in [0, 0.1) is 0 Å². The van der Waals surface area contributed by atoms with Crippen LogP contribution in [0.15, 0.2) is 23.7 Å². The van der Waals surface area contributed by atoms with E-state index in [-0.39, 0.29) is 23.1 Å². The molecule has 146 valence electrons. The number of rotatable bonds is 9. The third kappa shape index (κ3) is 5.63. The van der Waals surface area contributed by atoms with Gasteiger partial charge in [0.2, 0.25) is 0 Å². The van der Waals surface area contributed by atoms with Crippen LogP contribution in [-0.2, 0) is 20.8 Å². The van der Waals surface area contributed by atoms with E-state index in [4.69, 9.17) is 9.47 Å². The molecule has 0 radical (unpaired) electrons. The monoisotopic (exact) mass is 399 g/mol. The number of methoxy groups -OCH3 is 2. The number of hydrogen-bond acceptors (Lipinski definition) is 7. The van der Waals surface area contributed by atoms with E-state index in [0.717, 1.165) is 15.8 Å². The summed E-state index contributed by atoms with van der Waals surface area (Å²) in [6.07, 6.45) is -0.343. The zero-order valence-corrected chi connectivity index (χ0v) is 17.9. The minimum atomic E-state index is -1.19. The summed E-state index contributed by atoms with van der Waals surface area (Å²) in [6, 6.07) is 6.04. The van der Waals surface area contributed by atoms with Crippen molar-refractivity contribution in [2.24, 2.45) is 0 Å². The van der Waals surface area contributed by atoms with Gasteiger partial charge in [0.1, 0.15) is 4.75 Å². The van der Waals surface area contributed by atoms with E-state index in [9.17, 15) is 4.55 Å². The highest BCUT2D eigenvalue weighted by molar-refractivity contribution is 7.90. The molecule has 2 aromatic rings. The van der Waals surface area contributed by atoms with Gasteiger partial charge in [-0.1, -0.05) is 6.07 Å². The normalized spacial score (nSPS) is 16.2. The first-order chi connectivity index (χ1) is 12.3. The van der Waals surface area contributed by atoms with Gasteiger partial charge >= 0.3 is 0 Å². The van der Waals surface area contributed by atoms with Crippen molar-refractivity contribution in [1.29, 1.82) is 0 Å². The van der Waals surface area contributed by atoms with Crippen LogP contribution in [-0.4, -0.2) is 47.4 Å². The summed E-state index contributed by atoms with van der Waals surface area (Å²) in [6.45, 7) is 8.46. The van der Waals surface area contributed by atoms with Gasteiger partial charge in [0.05, 0.1) is 27.8 Å². The molecule has 3 atom stereocenters. The summed E-state index contributed by atoms with van der Waals surface area (Å²) in [5.74, 6) is 0. The number of ether oxygens (including phenoxy) is 2. The third-order valence-corrected chi connectivity index (χ3v) is 6.50. The highest BCUT2D eigenvalue weighted by atomic mass is 32.2. The molecular weight excluding hydrogens is 370 g/mol. The lowest BCUT2D eigenvalue weighted by atomic mass is 10.1. The van der Waals surface area contributed by atoms with Gasteiger partial charge < -0.3 is 19.3 Å². The van der Waals surface area contributed by atoms with E-state index in [2.05, 4.69) is 33.2 Å². The molecule has 0 fully saturated rings. The summed E-state index contributed by atoms with van der Waals surface area (Å²) in [4.78, 5) is 4.39. The van der Waals surface area contributed by atoms with Gasteiger partial charge in [-0.2, -0.15) is 0 Å². The number of thiazole rings is 1. The molecule has 0 bridgehead atoms. The molecule has 0 saturated heterocycles. The number of nitrogens with zero attached hydrogens (tertiary/aromatic N) is 1. The molecule has 3 unspecified atom stereocenters. The Morgan fingerprint density at radius 1 is 1.27 bits per heavy atom. The molecule has 0 aliphatic heterocycles. The number of aromatic nitrogens is 1. The summed E-state index contributed by atoms with van der Waals surface area (Å²) in [5, 5.41) is 3.42. The lowest BCUT2D eigenvalue weighted by Crippen LogP contribution is -2.47. The minimum Gasteiger partial charge on any atom is -0.598 e. The van der Waals surface area contributed by atoms with Crippen molar-refractivity contribution in [3.63, 3.8) is 0 Å². The molecule has 6 nitrogen and oxygen atoms in total. The van der Waals surface area contributed by atoms with Crippen molar-refractivity contribution in [1.82, 2.24) is 15.0 Å². The van der Waals surface area contributed by atoms with Gasteiger partial charge in [0, 0.05) is 32.1 Å². The van der Waals surface area contributed by atoms with Crippen LogP contribution in [0.1, 0.15) is 39.3 Å². The predicted octanol–water partition coefficient (Wildman–Crippen LogP) is 2.99. The number of fused-ring (bicyclic) bond motifs is 1. The van der Waals surface area contributed by atoms with Gasteiger partial charge in [-0.3, -0.25) is 0 Å². The molecule has 8 heteroatoms. The Hall–Kier alpha value is -0.740. The van der Waals surface area contributed by atoms with Crippen molar-refractivity contribution in [3.8, 4) is 0 Å². The Labute approximate surface area is 163 Å². The SMILES string of the molecule is COC(OC)C(C)NCC(N[S+]([O-])C(C)(C)C)c1ccc2scnc2c1. The zero-order valence-electron chi connectivity index (χ0n) is 16.2. The maximum atomic E-state index is 12.7. The number of hydrogen-bond donors (Lipinski definition) is 2. The van der Waals surface area contributed by atoms with Crippen LogP contribution in [0.25, 0.3) is 10.2 Å². The van der Waals surface area contributed by atoms with Crippen molar-refractivity contribution >= 4 is 32.9 Å². The van der Waals surface area contributed by atoms with Crippen molar-refractivity contribution < 1.29 is 14.0 Å². The fourth-order valence-electron chi connectivity index (χ4n) is 2.53. The quantitative estimate of drug-likeness (QED) is 0.499. The second-order valence-electron chi connectivity index (χ2n) is 7.17. The van der Waals surface area contributed by atoms with Gasteiger partial charge in [-0.05, 0) is 45.4 Å². The summed E-state index contributed by atoms with van der Waals surface area (Å²) in [7, 11) is 3.24. The maximum absolute atomic E-state index is 12.7. The summed E-state index contributed by atoms with van der Waals surface area (Å²) >= 11 is 0.423. The Morgan fingerprint density at radius 2 is 1.96 bits per heavy atom. The van der Waals surface area contributed by atoms with Crippen LogP contribution < -0.4 is 10.0 Å². The molecule has 0 aliphatic carbocycles. The lowest BCUT2D eigenvalue weighted by molar-refractivity contribution is -0.119. The van der Waals surface area contributed by atoms with Gasteiger partial charge in [0.15, 0.2) is 6.29 Å². The molecule has 1 aromatic heterocycles. The van der Waals surface area contributed by atoms with E-state index < -0.39 is 11.4 Å². The molecule has 0 amide bonds. The van der Waals surface area contributed by atoms with Crippen molar-refractivity contribution in [2.75, 3.05) is 20.8 Å². The average molecular weight is 400 g/mol. The molecule has 2 rings (SSSR count). The molecule has 0 aliphatic rings. The van der Waals surface area contributed by atoms with E-state index in [0.29, 0.717) is 6.54 Å². The second kappa shape index (κ2) is 9.45. The van der Waals surface area contributed by atoms with Crippen LogP contribution in [0.4, 0.5) is 0 Å². The first-order valence-electron chi connectivity index (χ1n) is 8.56. The van der Waals surface area contributed by atoms with E-state index in [1.54, 1.807) is 25.6 Å². The third-order valence-electron chi connectivity index (χ3n) is 4.08. The Morgan fingerprint density at radius 3 is 2.58 bits per heavy atom. The van der Waals surface area contributed by atoms with Crippen molar-refractivity contribution in [2.45, 2.75) is 50.8 Å². The number of nitrogens with one attached hydrogen (secondary N) is 2. The van der Waals surface area contributed by atoms with Crippen LogP contribution in [0.5, 0.6) is 0 Å². The Kier molecular flexibility index (Phi) is 7.84. The van der Waals surface area contributed by atoms with E-state index >= 15 is 0 Å². The second-order valence-corrected chi connectivity index (χ2v) is 10.1. The lowest BCUT2D eigenvalue weighted by Gasteiger charge is -2.30. The van der Waals surface area contributed by atoms with Crippen LogP contribution >= 0.6 is 11.3 Å². The smallest absolute Gasteiger partial charge is 0.171 e. The minimum absolute atomic E-state index is 0.0135. The molecule has 0 spiro atoms. The molecule has 0 saturated carbocycles. The van der Waals surface area contributed by atoms with Gasteiger partial charge in [-0.25, -0.2) is 4.98 Å². The topological polar surface area (TPSA) is 78.5 Å². The highest BCUT2D eigenvalue weighted by Crippen LogP contribution is 2.25. The molecule has 26 heavy (non-hydrogen) atoms. The highest BCUT2D eigenvalue weighted by Gasteiger charge is 2.30. The summed E-state index contributed by atoms with van der Waals surface area (Å²) in [5.41, 5.74) is 3.85. The van der Waals surface area contributed by atoms with Gasteiger partial charge in [-0.15, -0.1) is 16.1 Å². The van der Waals surface area contributed by atoms with Crippen LogP contribution in [0.3, 0.4) is 0 Å². The molecule has 1 heterocycles. The number of benzene rings is 1. The Bertz CT molecular complexity index is 686. The predicted molar refractivity (Wildman–Crippen MR) is 109 cm³/mol. The fourth-order valence-corrected chi connectivity index (χ4v) is 4.02. The van der Waals surface area contributed by atoms with Crippen LogP contribution in [0.2, 0.25) is 0 Å². The molecular formula is C18H29N3O3S2. The van der Waals surface area contributed by atoms with E-state index in [1.165, 1.54) is 0 Å². The fraction of sp³-hybridized carbons (Fsp3) is 0.611. The standard InChI is InChI=1S/C18H29N3O3S2/c1-12(17(23-5)24-6)19-10-15(21-26(22)18(2,3)4)13-7-8-16-14(9-13)20-11-25-16/h7-9,11-12,15,17,19,21H,10H2,1-6H3. The first kappa shape index (κ1) is 21.6. The van der Waals surface area contributed by atoms with Gasteiger partial charge in [0.25, 0.3) is 0 Å².